The first-order valence-corrected chi connectivity index (χ1v) is 7.82. The fraction of sp³-hybridized carbons (Fsp3) is 0.800. The van der Waals surface area contributed by atoms with Crippen LogP contribution in [0.4, 0.5) is 0 Å². The molecule has 0 spiro atoms. The number of rotatable bonds is 9. The van der Waals surface area contributed by atoms with Crippen molar-refractivity contribution in [3.8, 4) is 0 Å². The zero-order chi connectivity index (χ0) is 12.4. The summed E-state index contributed by atoms with van der Waals surface area (Å²) >= 11 is 11.2. The smallest absolute Gasteiger partial charge is 0.305 e. The molecule has 0 aromatic heterocycles. The molecule has 0 aliphatic carbocycles. The van der Waals surface area contributed by atoms with Gasteiger partial charge in [-0.3, -0.25) is 4.57 Å². The number of hydrogen-bond acceptors (Lipinski definition) is 3. The molecule has 3 nitrogen and oxygen atoms in total. The normalized spacial score (nSPS) is 13.1. The van der Waals surface area contributed by atoms with Gasteiger partial charge in [-0.1, -0.05) is 49.9 Å². The lowest BCUT2D eigenvalue weighted by molar-refractivity contribution is 0.207. The van der Waals surface area contributed by atoms with E-state index in [-0.39, 0.29) is 4.77 Å². The molecule has 0 fully saturated rings. The summed E-state index contributed by atoms with van der Waals surface area (Å²) in [5.41, 5.74) is 1.04. The standard InChI is InChI=1S/C10H19Cl2O3P/c1-3-5-7-14-16(13,10(12)9-11)15-8-6-4-2/h9H,3-8H2,1-2H3/b10-9+. The summed E-state index contributed by atoms with van der Waals surface area (Å²) in [5.74, 6) is 0. The van der Waals surface area contributed by atoms with Crippen molar-refractivity contribution in [3.63, 3.8) is 0 Å². The molecule has 0 amide bonds. The van der Waals surface area contributed by atoms with Crippen LogP contribution in [0, 0.1) is 0 Å². The molecule has 0 aromatic carbocycles. The van der Waals surface area contributed by atoms with Crippen molar-refractivity contribution >= 4 is 30.8 Å². The van der Waals surface area contributed by atoms with Crippen molar-refractivity contribution in [2.75, 3.05) is 13.2 Å². The van der Waals surface area contributed by atoms with E-state index in [4.69, 9.17) is 32.2 Å². The number of halogens is 2. The van der Waals surface area contributed by atoms with E-state index in [1.165, 1.54) is 0 Å². The van der Waals surface area contributed by atoms with Gasteiger partial charge in [-0.05, 0) is 12.8 Å². The molecule has 0 N–H and O–H groups in total. The molecule has 0 radical (unpaired) electrons. The largest absolute Gasteiger partial charge is 0.373 e. The second-order valence-electron chi connectivity index (χ2n) is 3.30. The summed E-state index contributed by atoms with van der Waals surface area (Å²) in [7, 11) is -3.38. The van der Waals surface area contributed by atoms with Gasteiger partial charge in [-0.25, -0.2) is 0 Å². The molecule has 0 saturated carbocycles. The van der Waals surface area contributed by atoms with Crippen molar-refractivity contribution in [1.82, 2.24) is 0 Å². The highest BCUT2D eigenvalue weighted by atomic mass is 35.5. The molecular weight excluding hydrogens is 270 g/mol. The summed E-state index contributed by atoms with van der Waals surface area (Å²) in [4.78, 5) is 0. The third-order valence-corrected chi connectivity index (χ3v) is 4.78. The average molecular weight is 289 g/mol. The van der Waals surface area contributed by atoms with E-state index in [1.807, 2.05) is 13.8 Å². The third-order valence-electron chi connectivity index (χ3n) is 1.87. The number of hydrogen-bond donors (Lipinski definition) is 0. The van der Waals surface area contributed by atoms with Crippen LogP contribution in [0.1, 0.15) is 39.5 Å². The van der Waals surface area contributed by atoms with Crippen LogP contribution in [0.5, 0.6) is 0 Å². The van der Waals surface area contributed by atoms with Gasteiger partial charge in [0.25, 0.3) is 0 Å². The minimum Gasteiger partial charge on any atom is -0.305 e. The summed E-state index contributed by atoms with van der Waals surface area (Å²) in [6.45, 7) is 4.76. The van der Waals surface area contributed by atoms with Crippen LogP contribution in [-0.2, 0) is 13.6 Å². The van der Waals surface area contributed by atoms with Crippen molar-refractivity contribution in [2.24, 2.45) is 0 Å². The summed E-state index contributed by atoms with van der Waals surface area (Å²) in [5, 5.41) is 0. The van der Waals surface area contributed by atoms with E-state index in [9.17, 15) is 4.57 Å². The molecule has 96 valence electrons. The van der Waals surface area contributed by atoms with Crippen LogP contribution >= 0.6 is 30.8 Å². The monoisotopic (exact) mass is 288 g/mol. The maximum atomic E-state index is 12.2. The fourth-order valence-electron chi connectivity index (χ4n) is 0.878. The number of unbranched alkanes of at least 4 members (excludes halogenated alkanes) is 2. The second-order valence-corrected chi connectivity index (χ2v) is 6.18. The zero-order valence-corrected chi connectivity index (χ0v) is 12.2. The molecule has 0 unspecified atom stereocenters. The highest BCUT2D eigenvalue weighted by Crippen LogP contribution is 2.58. The molecule has 0 aromatic rings. The molecule has 6 heteroatoms. The molecule has 0 aliphatic rings. The molecule has 0 heterocycles. The van der Waals surface area contributed by atoms with Crippen molar-refractivity contribution < 1.29 is 13.6 Å². The molecule has 0 saturated heterocycles. The van der Waals surface area contributed by atoms with E-state index in [0.29, 0.717) is 13.2 Å². The predicted octanol–water partition coefficient (Wildman–Crippen LogP) is 5.09. The molecule has 0 atom stereocenters. The van der Waals surface area contributed by atoms with Crippen molar-refractivity contribution in [3.05, 3.63) is 10.3 Å². The maximum Gasteiger partial charge on any atom is 0.373 e. The Bertz CT molecular complexity index is 242. The predicted molar refractivity (Wildman–Crippen MR) is 69.1 cm³/mol. The van der Waals surface area contributed by atoms with E-state index in [2.05, 4.69) is 0 Å². The van der Waals surface area contributed by atoms with Gasteiger partial charge in [0.15, 0.2) is 0 Å². The maximum absolute atomic E-state index is 12.2. The first kappa shape index (κ1) is 16.5. The molecule has 0 rings (SSSR count). The summed E-state index contributed by atoms with van der Waals surface area (Å²) < 4.78 is 22.5. The average Bonchev–Trinajstić information content (AvgIpc) is 2.28. The lowest BCUT2D eigenvalue weighted by Gasteiger charge is -2.17. The molecule has 0 aliphatic heterocycles. The Hall–Kier alpha value is 0.470. The molecule has 0 bridgehead atoms. The first-order valence-electron chi connectivity index (χ1n) is 5.46. The minimum absolute atomic E-state index is 0.0543. The van der Waals surface area contributed by atoms with Gasteiger partial charge >= 0.3 is 7.60 Å². The van der Waals surface area contributed by atoms with Crippen LogP contribution in [0.2, 0.25) is 0 Å². The topological polar surface area (TPSA) is 35.5 Å². The van der Waals surface area contributed by atoms with Gasteiger partial charge in [0.1, 0.15) is 4.77 Å². The van der Waals surface area contributed by atoms with Gasteiger partial charge in [0, 0.05) is 5.54 Å². The Labute approximate surface area is 108 Å². The van der Waals surface area contributed by atoms with Crippen molar-refractivity contribution in [2.45, 2.75) is 39.5 Å². The Morgan fingerprint density at radius 1 is 1.19 bits per heavy atom. The van der Waals surface area contributed by atoms with Crippen LogP contribution < -0.4 is 0 Å². The molecule has 16 heavy (non-hydrogen) atoms. The summed E-state index contributed by atoms with van der Waals surface area (Å²) in [6.07, 6.45) is 3.54. The third kappa shape index (κ3) is 6.27. The van der Waals surface area contributed by atoms with Gasteiger partial charge in [0.2, 0.25) is 0 Å². The van der Waals surface area contributed by atoms with Crippen LogP contribution in [-0.4, -0.2) is 13.2 Å². The quantitative estimate of drug-likeness (QED) is 0.438. The van der Waals surface area contributed by atoms with Gasteiger partial charge < -0.3 is 9.05 Å². The van der Waals surface area contributed by atoms with Crippen LogP contribution in [0.3, 0.4) is 0 Å². The SMILES string of the molecule is CCCCOP(=O)(OCCCC)/C(Cl)=C/Cl. The Morgan fingerprint density at radius 3 is 1.94 bits per heavy atom. The molecular formula is C10H19Cl2O3P. The summed E-state index contributed by atoms with van der Waals surface area (Å²) in [6, 6.07) is 0. The van der Waals surface area contributed by atoms with Gasteiger partial charge in [-0.15, -0.1) is 0 Å². The van der Waals surface area contributed by atoms with Crippen LogP contribution in [0.25, 0.3) is 0 Å². The minimum atomic E-state index is -3.38. The first-order chi connectivity index (χ1) is 7.60. The van der Waals surface area contributed by atoms with Crippen molar-refractivity contribution in [1.29, 1.82) is 0 Å². The highest BCUT2D eigenvalue weighted by Gasteiger charge is 2.28. The lowest BCUT2D eigenvalue weighted by Crippen LogP contribution is -1.99. The zero-order valence-electron chi connectivity index (χ0n) is 9.75. The Morgan fingerprint density at radius 2 is 1.62 bits per heavy atom. The second kappa shape index (κ2) is 9.49. The van der Waals surface area contributed by atoms with Gasteiger partial charge in [0.05, 0.1) is 13.2 Å². The lowest BCUT2D eigenvalue weighted by atomic mass is 10.4. The highest BCUT2D eigenvalue weighted by molar-refractivity contribution is 7.61. The fourth-order valence-corrected chi connectivity index (χ4v) is 2.71. The Kier molecular flexibility index (Phi) is 9.77. The van der Waals surface area contributed by atoms with E-state index >= 15 is 0 Å². The van der Waals surface area contributed by atoms with Crippen LogP contribution in [0.15, 0.2) is 10.3 Å². The van der Waals surface area contributed by atoms with E-state index in [1.54, 1.807) is 0 Å². The van der Waals surface area contributed by atoms with Gasteiger partial charge in [-0.2, -0.15) is 0 Å². The van der Waals surface area contributed by atoms with E-state index < -0.39 is 7.60 Å². The van der Waals surface area contributed by atoms with E-state index in [0.717, 1.165) is 31.2 Å². The Balaban J connectivity index is 4.32.